The van der Waals surface area contributed by atoms with E-state index < -0.39 is 0 Å². The highest BCUT2D eigenvalue weighted by molar-refractivity contribution is 5.94. The smallest absolute Gasteiger partial charge is 0.257 e. The molecule has 2 heterocycles. The van der Waals surface area contributed by atoms with Gasteiger partial charge in [-0.05, 0) is 36.4 Å². The molecule has 29 heavy (non-hydrogen) atoms. The number of rotatable bonds is 4. The number of carbonyl (C=O) groups is 1. The Kier molecular flexibility index (Phi) is 5.37. The van der Waals surface area contributed by atoms with E-state index in [4.69, 9.17) is 4.74 Å². The summed E-state index contributed by atoms with van der Waals surface area (Å²) in [6.45, 7) is 2.66. The quantitative estimate of drug-likeness (QED) is 0.682. The molecule has 148 valence electrons. The SMILES string of the molecule is COc1ccccc1N1CCN(C(=O)c2cnc(-c3ccc(F)cc3)nc2)CC1. The summed E-state index contributed by atoms with van der Waals surface area (Å²) in [5, 5.41) is 0. The van der Waals surface area contributed by atoms with Crippen LogP contribution in [0.2, 0.25) is 0 Å². The van der Waals surface area contributed by atoms with Crippen LogP contribution in [0.5, 0.6) is 5.75 Å². The number of methoxy groups -OCH3 is 1. The highest BCUT2D eigenvalue weighted by atomic mass is 19.1. The average molecular weight is 392 g/mol. The molecule has 1 saturated heterocycles. The summed E-state index contributed by atoms with van der Waals surface area (Å²) in [6, 6.07) is 13.8. The van der Waals surface area contributed by atoms with Gasteiger partial charge in [-0.3, -0.25) is 4.79 Å². The van der Waals surface area contributed by atoms with Crippen molar-refractivity contribution >= 4 is 11.6 Å². The van der Waals surface area contributed by atoms with Gasteiger partial charge in [-0.2, -0.15) is 0 Å². The molecule has 0 N–H and O–H groups in total. The number of benzene rings is 2. The molecule has 1 aliphatic heterocycles. The van der Waals surface area contributed by atoms with E-state index in [2.05, 4.69) is 14.9 Å². The molecule has 4 rings (SSSR count). The number of aromatic nitrogens is 2. The Hall–Kier alpha value is -3.48. The third-order valence-corrected chi connectivity index (χ3v) is 4.99. The monoisotopic (exact) mass is 392 g/mol. The Morgan fingerprint density at radius 1 is 0.966 bits per heavy atom. The molecule has 1 fully saturated rings. The summed E-state index contributed by atoms with van der Waals surface area (Å²) in [4.78, 5) is 25.4. The fraction of sp³-hybridized carbons (Fsp3) is 0.227. The van der Waals surface area contributed by atoms with Crippen LogP contribution in [0.4, 0.5) is 10.1 Å². The second kappa shape index (κ2) is 8.26. The summed E-state index contributed by atoms with van der Waals surface area (Å²) in [5.74, 6) is 0.891. The first-order valence-corrected chi connectivity index (χ1v) is 9.41. The molecule has 7 heteroatoms. The number of piperazine rings is 1. The van der Waals surface area contributed by atoms with Crippen LogP contribution in [0, 0.1) is 5.82 Å². The van der Waals surface area contributed by atoms with E-state index in [1.807, 2.05) is 29.2 Å². The van der Waals surface area contributed by atoms with Gasteiger partial charge in [0, 0.05) is 44.1 Å². The van der Waals surface area contributed by atoms with E-state index in [-0.39, 0.29) is 11.7 Å². The van der Waals surface area contributed by atoms with Crippen molar-refractivity contribution in [2.75, 3.05) is 38.2 Å². The summed E-state index contributed by atoms with van der Waals surface area (Å²) in [6.07, 6.45) is 3.06. The van der Waals surface area contributed by atoms with Gasteiger partial charge in [0.2, 0.25) is 0 Å². The maximum atomic E-state index is 13.1. The fourth-order valence-corrected chi connectivity index (χ4v) is 3.41. The zero-order valence-corrected chi connectivity index (χ0v) is 16.1. The molecular formula is C22H21FN4O2. The van der Waals surface area contributed by atoms with Crippen molar-refractivity contribution in [2.45, 2.75) is 0 Å². The van der Waals surface area contributed by atoms with Crippen LogP contribution < -0.4 is 9.64 Å². The summed E-state index contributed by atoms with van der Waals surface area (Å²) >= 11 is 0. The van der Waals surface area contributed by atoms with Gasteiger partial charge in [0.1, 0.15) is 11.6 Å². The third kappa shape index (κ3) is 4.03. The van der Waals surface area contributed by atoms with Crippen molar-refractivity contribution in [1.29, 1.82) is 0 Å². The van der Waals surface area contributed by atoms with Crippen molar-refractivity contribution in [3.05, 3.63) is 72.3 Å². The van der Waals surface area contributed by atoms with Crippen LogP contribution in [-0.2, 0) is 0 Å². The van der Waals surface area contributed by atoms with Gasteiger partial charge >= 0.3 is 0 Å². The van der Waals surface area contributed by atoms with Crippen molar-refractivity contribution in [3.8, 4) is 17.1 Å². The molecule has 3 aromatic rings. The lowest BCUT2D eigenvalue weighted by molar-refractivity contribution is 0.0746. The standard InChI is InChI=1S/C22H21FN4O2/c1-29-20-5-3-2-4-19(20)26-10-12-27(13-11-26)22(28)17-14-24-21(25-15-17)16-6-8-18(23)9-7-16/h2-9,14-15H,10-13H2,1H3. The largest absolute Gasteiger partial charge is 0.495 e. The van der Waals surface area contributed by atoms with Crippen molar-refractivity contribution in [1.82, 2.24) is 14.9 Å². The van der Waals surface area contributed by atoms with Crippen LogP contribution in [-0.4, -0.2) is 54.1 Å². The second-order valence-electron chi connectivity index (χ2n) is 6.75. The first-order valence-electron chi connectivity index (χ1n) is 9.41. The van der Waals surface area contributed by atoms with Gasteiger partial charge in [-0.15, -0.1) is 0 Å². The Balaban J connectivity index is 1.41. The van der Waals surface area contributed by atoms with Crippen molar-refractivity contribution in [2.24, 2.45) is 0 Å². The number of amides is 1. The van der Waals surface area contributed by atoms with Gasteiger partial charge in [0.25, 0.3) is 5.91 Å². The Morgan fingerprint density at radius 2 is 1.62 bits per heavy atom. The lowest BCUT2D eigenvalue weighted by Gasteiger charge is -2.36. The minimum Gasteiger partial charge on any atom is -0.495 e. The van der Waals surface area contributed by atoms with Crippen LogP contribution in [0.15, 0.2) is 60.9 Å². The molecule has 0 bridgehead atoms. The van der Waals surface area contributed by atoms with E-state index in [9.17, 15) is 9.18 Å². The summed E-state index contributed by atoms with van der Waals surface area (Å²) in [7, 11) is 1.66. The zero-order valence-electron chi connectivity index (χ0n) is 16.1. The number of ether oxygens (including phenoxy) is 1. The Morgan fingerprint density at radius 3 is 2.28 bits per heavy atom. The highest BCUT2D eigenvalue weighted by Gasteiger charge is 2.24. The Labute approximate surface area is 168 Å². The van der Waals surface area contributed by atoms with Gasteiger partial charge in [-0.25, -0.2) is 14.4 Å². The van der Waals surface area contributed by atoms with Gasteiger partial charge in [-0.1, -0.05) is 12.1 Å². The first kappa shape index (κ1) is 18.9. The van der Waals surface area contributed by atoms with Crippen molar-refractivity contribution in [3.63, 3.8) is 0 Å². The number of halogens is 1. The topological polar surface area (TPSA) is 58.6 Å². The predicted molar refractivity (Wildman–Crippen MR) is 109 cm³/mol. The summed E-state index contributed by atoms with van der Waals surface area (Å²) < 4.78 is 18.5. The van der Waals surface area contributed by atoms with E-state index in [1.165, 1.54) is 24.5 Å². The first-order chi connectivity index (χ1) is 14.2. The molecular weight excluding hydrogens is 371 g/mol. The van der Waals surface area contributed by atoms with Crippen LogP contribution >= 0.6 is 0 Å². The van der Waals surface area contributed by atoms with Gasteiger partial charge in [0.05, 0.1) is 18.4 Å². The minimum atomic E-state index is -0.312. The molecule has 0 radical (unpaired) electrons. The molecule has 6 nitrogen and oxygen atoms in total. The normalized spacial score (nSPS) is 14.0. The molecule has 1 amide bonds. The second-order valence-corrected chi connectivity index (χ2v) is 6.75. The molecule has 0 saturated carbocycles. The number of carbonyl (C=O) groups excluding carboxylic acids is 1. The molecule has 0 aliphatic carbocycles. The lowest BCUT2D eigenvalue weighted by Crippen LogP contribution is -2.48. The summed E-state index contributed by atoms with van der Waals surface area (Å²) in [5.41, 5.74) is 2.19. The fourth-order valence-electron chi connectivity index (χ4n) is 3.41. The predicted octanol–water partition coefficient (Wildman–Crippen LogP) is 3.25. The number of anilines is 1. The van der Waals surface area contributed by atoms with Crippen LogP contribution in [0.25, 0.3) is 11.4 Å². The average Bonchev–Trinajstić information content (AvgIpc) is 2.79. The van der Waals surface area contributed by atoms with Crippen LogP contribution in [0.3, 0.4) is 0 Å². The number of hydrogen-bond donors (Lipinski definition) is 0. The number of nitrogens with zero attached hydrogens (tertiary/aromatic N) is 4. The Bertz CT molecular complexity index is 984. The highest BCUT2D eigenvalue weighted by Crippen LogP contribution is 2.28. The van der Waals surface area contributed by atoms with Gasteiger partial charge in [0.15, 0.2) is 5.82 Å². The lowest BCUT2D eigenvalue weighted by atomic mass is 10.2. The third-order valence-electron chi connectivity index (χ3n) is 4.99. The molecule has 0 atom stereocenters. The maximum absolute atomic E-state index is 13.1. The molecule has 0 unspecified atom stereocenters. The molecule has 0 spiro atoms. The minimum absolute atomic E-state index is 0.0877. The molecule has 1 aromatic heterocycles. The van der Waals surface area contributed by atoms with E-state index >= 15 is 0 Å². The van der Waals surface area contributed by atoms with E-state index in [0.29, 0.717) is 30.0 Å². The van der Waals surface area contributed by atoms with E-state index in [1.54, 1.807) is 19.2 Å². The number of para-hydroxylation sites is 2. The molecule has 1 aliphatic rings. The van der Waals surface area contributed by atoms with E-state index in [0.717, 1.165) is 24.5 Å². The number of hydrogen-bond acceptors (Lipinski definition) is 5. The zero-order chi connectivity index (χ0) is 20.2. The maximum Gasteiger partial charge on any atom is 0.257 e. The van der Waals surface area contributed by atoms with Crippen molar-refractivity contribution < 1.29 is 13.9 Å². The van der Waals surface area contributed by atoms with Crippen LogP contribution in [0.1, 0.15) is 10.4 Å². The van der Waals surface area contributed by atoms with Gasteiger partial charge < -0.3 is 14.5 Å². The molecule has 2 aromatic carbocycles.